The number of carbonyl (C=O) groups is 2. The van der Waals surface area contributed by atoms with Crippen LogP contribution in [0, 0.1) is 0 Å². The number of benzene rings is 2. The van der Waals surface area contributed by atoms with Crippen LogP contribution in [0.25, 0.3) is 10.6 Å². The van der Waals surface area contributed by atoms with Crippen LogP contribution in [0.1, 0.15) is 19.8 Å². The number of rotatable bonds is 6. The van der Waals surface area contributed by atoms with Gasteiger partial charge in [-0.15, -0.1) is 10.2 Å². The number of amides is 3. The Morgan fingerprint density at radius 1 is 1.12 bits per heavy atom. The predicted octanol–water partition coefficient (Wildman–Crippen LogP) is 3.97. The van der Waals surface area contributed by atoms with E-state index in [2.05, 4.69) is 20.8 Å². The Hall–Kier alpha value is -3.86. The zero-order valence-electron chi connectivity index (χ0n) is 18.4. The van der Waals surface area contributed by atoms with E-state index in [9.17, 15) is 9.59 Å². The van der Waals surface area contributed by atoms with Gasteiger partial charge in [0.15, 0.2) is 11.5 Å². The second kappa shape index (κ2) is 9.56. The van der Waals surface area contributed by atoms with E-state index in [0.29, 0.717) is 46.9 Å². The Bertz CT molecular complexity index is 1200. The number of likely N-dealkylation sites (tertiary alicyclic amines) is 1. The van der Waals surface area contributed by atoms with Crippen LogP contribution in [0.2, 0.25) is 0 Å². The van der Waals surface area contributed by atoms with Crippen LogP contribution in [-0.4, -0.2) is 53.0 Å². The predicted molar refractivity (Wildman–Crippen MR) is 126 cm³/mol. The van der Waals surface area contributed by atoms with Gasteiger partial charge in [-0.2, -0.15) is 0 Å². The first-order valence-electron chi connectivity index (χ1n) is 11.0. The Morgan fingerprint density at radius 3 is 2.76 bits per heavy atom. The fourth-order valence-corrected chi connectivity index (χ4v) is 4.63. The van der Waals surface area contributed by atoms with E-state index in [1.165, 1.54) is 11.3 Å². The Labute approximate surface area is 199 Å². The molecule has 0 aliphatic carbocycles. The normalized spacial score (nSPS) is 16.4. The molecule has 11 heteroatoms. The van der Waals surface area contributed by atoms with Crippen LogP contribution in [0.5, 0.6) is 17.2 Å². The van der Waals surface area contributed by atoms with E-state index in [1.807, 2.05) is 25.1 Å². The molecule has 1 aromatic heterocycles. The van der Waals surface area contributed by atoms with Gasteiger partial charge in [0.05, 0.1) is 6.61 Å². The lowest BCUT2D eigenvalue weighted by atomic mass is 10.2. The molecule has 34 heavy (non-hydrogen) atoms. The van der Waals surface area contributed by atoms with Crippen molar-refractivity contribution in [3.05, 3.63) is 42.5 Å². The lowest BCUT2D eigenvalue weighted by Crippen LogP contribution is -2.45. The molecule has 176 valence electrons. The minimum absolute atomic E-state index is 0.195. The number of hydrogen-bond acceptors (Lipinski definition) is 8. The van der Waals surface area contributed by atoms with Crippen LogP contribution in [-0.2, 0) is 4.79 Å². The van der Waals surface area contributed by atoms with Gasteiger partial charge < -0.3 is 24.4 Å². The molecule has 0 spiro atoms. The highest BCUT2D eigenvalue weighted by Crippen LogP contribution is 2.37. The third-order valence-corrected chi connectivity index (χ3v) is 6.40. The lowest BCUT2D eigenvalue weighted by Gasteiger charge is -2.23. The van der Waals surface area contributed by atoms with E-state index in [1.54, 1.807) is 29.2 Å². The van der Waals surface area contributed by atoms with Crippen molar-refractivity contribution in [2.75, 3.05) is 30.6 Å². The van der Waals surface area contributed by atoms with Gasteiger partial charge in [0.1, 0.15) is 16.8 Å². The molecular formula is C23H23N5O5S. The largest absolute Gasteiger partial charge is 0.494 e. The second-order valence-corrected chi connectivity index (χ2v) is 8.69. The lowest BCUT2D eigenvalue weighted by molar-refractivity contribution is -0.119. The van der Waals surface area contributed by atoms with Crippen LogP contribution in [0.3, 0.4) is 0 Å². The molecule has 10 nitrogen and oxygen atoms in total. The maximum Gasteiger partial charge on any atom is 0.322 e. The average Bonchev–Trinajstić information content (AvgIpc) is 3.60. The molecule has 1 fully saturated rings. The second-order valence-electron chi connectivity index (χ2n) is 7.71. The number of anilines is 2. The van der Waals surface area contributed by atoms with Crippen molar-refractivity contribution in [1.82, 2.24) is 15.1 Å². The van der Waals surface area contributed by atoms with Gasteiger partial charge in [0.25, 0.3) is 0 Å². The van der Waals surface area contributed by atoms with Crippen molar-refractivity contribution in [3.8, 4) is 27.8 Å². The highest BCUT2D eigenvalue weighted by molar-refractivity contribution is 7.18. The van der Waals surface area contributed by atoms with Crippen LogP contribution < -0.4 is 24.8 Å². The van der Waals surface area contributed by atoms with Crippen molar-refractivity contribution in [3.63, 3.8) is 0 Å². The smallest absolute Gasteiger partial charge is 0.322 e. The van der Waals surface area contributed by atoms with E-state index >= 15 is 0 Å². The molecule has 0 radical (unpaired) electrons. The number of carbonyl (C=O) groups excluding carboxylic acids is 2. The molecule has 1 saturated heterocycles. The molecule has 2 aliphatic heterocycles. The minimum atomic E-state index is -0.583. The summed E-state index contributed by atoms with van der Waals surface area (Å²) < 4.78 is 16.2. The van der Waals surface area contributed by atoms with Crippen LogP contribution in [0.15, 0.2) is 42.5 Å². The summed E-state index contributed by atoms with van der Waals surface area (Å²) in [4.78, 5) is 27.3. The number of aromatic nitrogens is 2. The van der Waals surface area contributed by atoms with Gasteiger partial charge >= 0.3 is 6.03 Å². The van der Waals surface area contributed by atoms with Crippen molar-refractivity contribution in [2.24, 2.45) is 0 Å². The quantitative estimate of drug-likeness (QED) is 0.547. The summed E-state index contributed by atoms with van der Waals surface area (Å²) in [7, 11) is 0. The van der Waals surface area contributed by atoms with Gasteiger partial charge in [-0.25, -0.2) is 4.79 Å². The monoisotopic (exact) mass is 481 g/mol. The number of fused-ring (bicyclic) bond motifs is 1. The number of ether oxygens (including phenoxy) is 3. The maximum atomic E-state index is 13.0. The minimum Gasteiger partial charge on any atom is -0.494 e. The molecule has 3 heterocycles. The van der Waals surface area contributed by atoms with Crippen molar-refractivity contribution in [1.29, 1.82) is 0 Å². The first-order valence-corrected chi connectivity index (χ1v) is 11.8. The molecule has 2 aromatic carbocycles. The molecule has 0 bridgehead atoms. The Kier molecular flexibility index (Phi) is 6.17. The number of nitrogens with zero attached hydrogens (tertiary/aromatic N) is 3. The highest BCUT2D eigenvalue weighted by Gasteiger charge is 2.34. The van der Waals surface area contributed by atoms with Gasteiger partial charge in [0, 0.05) is 17.8 Å². The maximum absolute atomic E-state index is 13.0. The summed E-state index contributed by atoms with van der Waals surface area (Å²) in [5, 5.41) is 14.9. The van der Waals surface area contributed by atoms with Crippen molar-refractivity contribution in [2.45, 2.75) is 25.8 Å². The van der Waals surface area contributed by atoms with Gasteiger partial charge in [-0.05, 0) is 62.2 Å². The number of urea groups is 1. The van der Waals surface area contributed by atoms with Gasteiger partial charge in [0.2, 0.25) is 17.8 Å². The zero-order valence-corrected chi connectivity index (χ0v) is 19.3. The standard InChI is InChI=1S/C23H23N5O5S/c1-2-31-16-8-6-15(7-9-16)24-23(30)28-11-3-4-17(28)20(29)25-22-27-26-21(34-22)14-5-10-18-19(12-14)33-13-32-18/h5-10,12,17H,2-4,11,13H2,1H3,(H,24,30)(H,25,27,29)/t17-/m0/s1. The van der Waals surface area contributed by atoms with Crippen molar-refractivity contribution < 1.29 is 23.8 Å². The van der Waals surface area contributed by atoms with E-state index in [0.717, 1.165) is 17.7 Å². The summed E-state index contributed by atoms with van der Waals surface area (Å²) in [5.74, 6) is 1.79. The SMILES string of the molecule is CCOc1ccc(NC(=O)N2CCC[C@H]2C(=O)Nc2nnc(-c3ccc4c(c3)OCO4)s2)cc1. The van der Waals surface area contributed by atoms with E-state index in [-0.39, 0.29) is 18.7 Å². The Morgan fingerprint density at radius 2 is 1.94 bits per heavy atom. The third-order valence-electron chi connectivity index (χ3n) is 5.51. The summed E-state index contributed by atoms with van der Waals surface area (Å²) in [6.07, 6.45) is 1.32. The molecule has 3 aromatic rings. The van der Waals surface area contributed by atoms with Crippen molar-refractivity contribution >= 4 is 34.1 Å². The van der Waals surface area contributed by atoms with Crippen LogP contribution in [0.4, 0.5) is 15.6 Å². The molecule has 0 unspecified atom stereocenters. The molecule has 2 N–H and O–H groups in total. The fourth-order valence-electron chi connectivity index (χ4n) is 3.89. The highest BCUT2D eigenvalue weighted by atomic mass is 32.1. The first kappa shape index (κ1) is 22.0. The number of nitrogens with one attached hydrogen (secondary N) is 2. The zero-order chi connectivity index (χ0) is 23.5. The molecule has 3 amide bonds. The Balaban J connectivity index is 1.21. The first-order chi connectivity index (χ1) is 16.6. The number of hydrogen-bond donors (Lipinski definition) is 2. The van der Waals surface area contributed by atoms with Gasteiger partial charge in [-0.1, -0.05) is 11.3 Å². The third kappa shape index (κ3) is 4.60. The molecular weight excluding hydrogens is 458 g/mol. The summed E-state index contributed by atoms with van der Waals surface area (Å²) in [5.41, 5.74) is 1.46. The topological polar surface area (TPSA) is 115 Å². The van der Waals surface area contributed by atoms with E-state index < -0.39 is 6.04 Å². The van der Waals surface area contributed by atoms with Gasteiger partial charge in [-0.3, -0.25) is 10.1 Å². The average molecular weight is 482 g/mol. The fraction of sp³-hybridized carbons (Fsp3) is 0.304. The van der Waals surface area contributed by atoms with E-state index in [4.69, 9.17) is 14.2 Å². The summed E-state index contributed by atoms with van der Waals surface area (Å²) >= 11 is 1.25. The molecule has 5 rings (SSSR count). The summed E-state index contributed by atoms with van der Waals surface area (Å²) in [6.45, 7) is 3.18. The van der Waals surface area contributed by atoms with Crippen LogP contribution >= 0.6 is 11.3 Å². The summed E-state index contributed by atoms with van der Waals surface area (Å²) in [6, 6.07) is 11.7. The molecule has 1 atom stereocenters. The molecule has 2 aliphatic rings. The molecule has 0 saturated carbocycles.